The molecule has 0 radical (unpaired) electrons. The zero-order valence-electron chi connectivity index (χ0n) is 17.1. The van der Waals surface area contributed by atoms with Crippen LogP contribution in [0.15, 0.2) is 15.7 Å². The number of pyridine rings is 1. The highest BCUT2D eigenvalue weighted by atomic mass is 32.2. The molecule has 4 N–H and O–H groups in total. The summed E-state index contributed by atoms with van der Waals surface area (Å²) >= 11 is 0. The van der Waals surface area contributed by atoms with Gasteiger partial charge < -0.3 is 15.2 Å². The Balaban J connectivity index is 1.58. The van der Waals surface area contributed by atoms with E-state index in [2.05, 4.69) is 9.68 Å². The van der Waals surface area contributed by atoms with Crippen molar-refractivity contribution in [3.8, 4) is 0 Å². The fraction of sp³-hybridized carbons (Fsp3) is 0.600. The largest absolute Gasteiger partial charge is 0.479 e. The number of anilines is 1. The highest BCUT2D eigenvalue weighted by Gasteiger charge is 2.37. The predicted octanol–water partition coefficient (Wildman–Crippen LogP) is 2.72. The van der Waals surface area contributed by atoms with Crippen molar-refractivity contribution >= 4 is 21.6 Å². The number of rotatable bonds is 3. The molecular formula is C20H28N4O4S. The zero-order chi connectivity index (χ0) is 21.0. The van der Waals surface area contributed by atoms with Crippen LogP contribution in [-0.4, -0.2) is 31.4 Å². The van der Waals surface area contributed by atoms with Crippen LogP contribution >= 0.6 is 0 Å². The summed E-state index contributed by atoms with van der Waals surface area (Å²) < 4.78 is 22.4. The van der Waals surface area contributed by atoms with Crippen molar-refractivity contribution in [3.63, 3.8) is 0 Å². The summed E-state index contributed by atoms with van der Waals surface area (Å²) in [5.41, 5.74) is 3.53. The second kappa shape index (κ2) is 7.07. The Morgan fingerprint density at radius 1 is 1.24 bits per heavy atom. The number of amides is 2. The fourth-order valence-corrected chi connectivity index (χ4v) is 5.65. The van der Waals surface area contributed by atoms with Gasteiger partial charge in [0.1, 0.15) is 0 Å². The van der Waals surface area contributed by atoms with Crippen LogP contribution in [-0.2, 0) is 40.3 Å². The number of hydrogen-bond acceptors (Lipinski definition) is 5. The number of fused-ring (bicyclic) bond motifs is 2. The summed E-state index contributed by atoms with van der Waals surface area (Å²) in [6, 6.07) is -0.732. The lowest BCUT2D eigenvalue weighted by Gasteiger charge is -2.19. The van der Waals surface area contributed by atoms with Crippen molar-refractivity contribution in [3.05, 3.63) is 33.8 Å². The SMILES string of the molecule is CC1=C(C(C)(C)O)CC(S(N)(=O)=NC(=O)Nc2c3c(nc4c2CCC4)CCC3)O1. The van der Waals surface area contributed by atoms with Gasteiger partial charge in [-0.25, -0.2) is 14.1 Å². The quantitative estimate of drug-likeness (QED) is 0.693. The Kier molecular flexibility index (Phi) is 4.95. The van der Waals surface area contributed by atoms with Gasteiger partial charge in [-0.1, -0.05) is 0 Å². The minimum absolute atomic E-state index is 0.168. The second-order valence-corrected chi connectivity index (χ2v) is 10.5. The number of allylic oxidation sites excluding steroid dienone is 1. The summed E-state index contributed by atoms with van der Waals surface area (Å²) in [7, 11) is -3.46. The van der Waals surface area contributed by atoms with E-state index in [1.807, 2.05) is 0 Å². The average Bonchev–Trinajstić information content (AvgIpc) is 3.31. The van der Waals surface area contributed by atoms with Gasteiger partial charge in [-0.3, -0.25) is 4.98 Å². The monoisotopic (exact) mass is 420 g/mol. The number of aromatic nitrogens is 1. The zero-order valence-corrected chi connectivity index (χ0v) is 17.9. The summed E-state index contributed by atoms with van der Waals surface area (Å²) in [5, 5.41) is 19.0. The van der Waals surface area contributed by atoms with E-state index in [9.17, 15) is 14.1 Å². The van der Waals surface area contributed by atoms with Crippen molar-refractivity contribution in [2.45, 2.75) is 76.8 Å². The van der Waals surface area contributed by atoms with E-state index in [0.717, 1.165) is 66.7 Å². The lowest BCUT2D eigenvalue weighted by molar-refractivity contribution is 0.116. The normalized spacial score (nSPS) is 22.7. The summed E-state index contributed by atoms with van der Waals surface area (Å²) in [6.45, 7) is 4.95. The lowest BCUT2D eigenvalue weighted by atomic mass is 9.96. The third-order valence-corrected chi connectivity index (χ3v) is 7.39. The number of hydrogen-bond donors (Lipinski definition) is 3. The number of aryl methyl sites for hydroxylation is 2. The van der Waals surface area contributed by atoms with Crippen LogP contribution in [0.5, 0.6) is 0 Å². The van der Waals surface area contributed by atoms with Crippen LogP contribution in [0.25, 0.3) is 0 Å². The van der Waals surface area contributed by atoms with E-state index >= 15 is 0 Å². The number of urea groups is 1. The molecule has 0 spiro atoms. The van der Waals surface area contributed by atoms with E-state index in [-0.39, 0.29) is 6.42 Å². The number of carbonyl (C=O) groups excluding carboxylic acids is 1. The van der Waals surface area contributed by atoms with Gasteiger partial charge in [-0.15, -0.1) is 4.36 Å². The topological polar surface area (TPSA) is 127 Å². The molecule has 2 atom stereocenters. The van der Waals surface area contributed by atoms with E-state index in [0.29, 0.717) is 11.3 Å². The molecule has 2 aliphatic carbocycles. The highest BCUT2D eigenvalue weighted by molar-refractivity contribution is 7.92. The number of ether oxygens (including phenoxy) is 1. The van der Waals surface area contributed by atoms with E-state index in [1.54, 1.807) is 20.8 Å². The minimum Gasteiger partial charge on any atom is -0.479 e. The fourth-order valence-electron chi connectivity index (χ4n) is 4.54. The Morgan fingerprint density at radius 2 is 1.83 bits per heavy atom. The molecule has 2 unspecified atom stereocenters. The molecule has 0 saturated heterocycles. The van der Waals surface area contributed by atoms with E-state index < -0.39 is 27.0 Å². The maximum atomic E-state index is 13.0. The summed E-state index contributed by atoms with van der Waals surface area (Å²) in [4.78, 5) is 17.4. The number of carbonyl (C=O) groups is 1. The van der Waals surface area contributed by atoms with Crippen molar-refractivity contribution in [1.29, 1.82) is 0 Å². The third kappa shape index (κ3) is 3.78. The van der Waals surface area contributed by atoms with Gasteiger partial charge >= 0.3 is 6.03 Å². The molecule has 3 aliphatic rings. The van der Waals surface area contributed by atoms with Crippen molar-refractivity contribution in [2.24, 2.45) is 9.50 Å². The molecule has 0 bridgehead atoms. The first kappa shape index (κ1) is 20.3. The van der Waals surface area contributed by atoms with Crippen LogP contribution in [0, 0.1) is 0 Å². The van der Waals surface area contributed by atoms with E-state index in [1.165, 1.54) is 0 Å². The highest BCUT2D eigenvalue weighted by Crippen LogP contribution is 2.37. The summed E-state index contributed by atoms with van der Waals surface area (Å²) in [6.07, 6.45) is 5.76. The molecule has 8 nitrogen and oxygen atoms in total. The number of nitrogens with one attached hydrogen (secondary N) is 1. The van der Waals surface area contributed by atoms with E-state index in [4.69, 9.17) is 14.9 Å². The molecule has 9 heteroatoms. The first-order valence-corrected chi connectivity index (χ1v) is 11.7. The molecule has 0 fully saturated rings. The summed E-state index contributed by atoms with van der Waals surface area (Å²) in [5.74, 6) is 0.473. The molecule has 0 aromatic carbocycles. The standard InChI is InChI=1S/C20H28N4O4S/c1-11-14(20(2,3)26)10-17(28-11)29(21,27)24-19(25)23-18-12-6-4-8-15(12)22-16-9-5-7-13(16)18/h17,26H,4-10H2,1-3H3,(H3,21,22,23,24,25,27). The Morgan fingerprint density at radius 3 is 2.34 bits per heavy atom. The van der Waals surface area contributed by atoms with Gasteiger partial charge in [-0.05, 0) is 70.4 Å². The molecule has 0 saturated carbocycles. The van der Waals surface area contributed by atoms with Crippen LogP contribution in [0.1, 0.15) is 62.5 Å². The molecule has 29 heavy (non-hydrogen) atoms. The van der Waals surface area contributed by atoms with Crippen LogP contribution in [0.3, 0.4) is 0 Å². The van der Waals surface area contributed by atoms with Crippen LogP contribution < -0.4 is 10.5 Å². The van der Waals surface area contributed by atoms with Crippen LogP contribution in [0.2, 0.25) is 0 Å². The van der Waals surface area contributed by atoms with Gasteiger partial charge in [0.15, 0.2) is 15.4 Å². The third-order valence-electron chi connectivity index (χ3n) is 5.93. The molecular weight excluding hydrogens is 392 g/mol. The van der Waals surface area contributed by atoms with Crippen LogP contribution in [0.4, 0.5) is 10.5 Å². The number of nitrogens with zero attached hydrogens (tertiary/aromatic N) is 2. The van der Waals surface area contributed by atoms with Gasteiger partial charge in [0.25, 0.3) is 0 Å². The van der Waals surface area contributed by atoms with Gasteiger partial charge in [0.05, 0.1) is 17.0 Å². The van der Waals surface area contributed by atoms with Gasteiger partial charge in [0.2, 0.25) is 0 Å². The minimum atomic E-state index is -3.46. The van der Waals surface area contributed by atoms with Crippen molar-refractivity contribution < 1.29 is 18.8 Å². The Bertz CT molecular complexity index is 1000. The molecule has 2 heterocycles. The lowest BCUT2D eigenvalue weighted by Crippen LogP contribution is -2.31. The number of aliphatic hydroxyl groups is 1. The molecule has 4 rings (SSSR count). The molecule has 158 valence electrons. The average molecular weight is 421 g/mol. The predicted molar refractivity (Wildman–Crippen MR) is 111 cm³/mol. The van der Waals surface area contributed by atoms with Gasteiger partial charge in [-0.2, -0.15) is 0 Å². The molecule has 1 aliphatic heterocycles. The smallest absolute Gasteiger partial charge is 0.354 e. The van der Waals surface area contributed by atoms with Crippen molar-refractivity contribution in [1.82, 2.24) is 4.98 Å². The molecule has 1 aromatic rings. The van der Waals surface area contributed by atoms with Gasteiger partial charge in [0, 0.05) is 23.4 Å². The maximum absolute atomic E-state index is 13.0. The Labute approximate surface area is 171 Å². The van der Waals surface area contributed by atoms with Crippen molar-refractivity contribution in [2.75, 3.05) is 5.32 Å². The first-order valence-electron chi connectivity index (χ1n) is 10.0. The maximum Gasteiger partial charge on any atom is 0.354 e. The second-order valence-electron chi connectivity index (χ2n) is 8.53. The number of nitrogens with two attached hydrogens (primary N) is 1. The Hall–Kier alpha value is -1.97. The molecule has 2 amide bonds. The first-order chi connectivity index (χ1) is 13.6. The molecule has 1 aromatic heterocycles.